The summed E-state index contributed by atoms with van der Waals surface area (Å²) in [6.07, 6.45) is 4.21. The van der Waals surface area contributed by atoms with Crippen LogP contribution in [-0.4, -0.2) is 66.3 Å². The van der Waals surface area contributed by atoms with Crippen LogP contribution in [0.1, 0.15) is 25.1 Å². The predicted octanol–water partition coefficient (Wildman–Crippen LogP) is 0.0925. The Bertz CT molecular complexity index is 639. The number of carbonyl (C=O) groups excluding carboxylic acids is 1. The van der Waals surface area contributed by atoms with E-state index in [0.717, 1.165) is 32.6 Å². The summed E-state index contributed by atoms with van der Waals surface area (Å²) in [5.41, 5.74) is 0. The highest BCUT2D eigenvalue weighted by atomic mass is 16.5. The Morgan fingerprint density at radius 1 is 1.48 bits per heavy atom. The minimum atomic E-state index is 0.0376. The fourth-order valence-corrected chi connectivity index (χ4v) is 2.92. The van der Waals surface area contributed by atoms with Gasteiger partial charge in [0.1, 0.15) is 12.7 Å². The van der Waals surface area contributed by atoms with E-state index < -0.39 is 0 Å². The van der Waals surface area contributed by atoms with Gasteiger partial charge >= 0.3 is 0 Å². The summed E-state index contributed by atoms with van der Waals surface area (Å²) in [6.45, 7) is 7.25. The molecule has 0 bridgehead atoms. The van der Waals surface area contributed by atoms with Crippen molar-refractivity contribution in [2.45, 2.75) is 39.4 Å². The summed E-state index contributed by atoms with van der Waals surface area (Å²) in [7, 11) is 0. The second kappa shape index (κ2) is 6.86. The quantitative estimate of drug-likeness (QED) is 0.745. The van der Waals surface area contributed by atoms with Crippen molar-refractivity contribution in [3.63, 3.8) is 0 Å². The standard InChI is InChI=1S/C14H21N7O2/c1-11-17-14(18-23-11)8-21(12(2)22)13-3-4-19(7-13)5-6-20-10-15-9-16-20/h9-10,13H,3-8H2,1-2H3. The van der Waals surface area contributed by atoms with Crippen molar-refractivity contribution in [1.29, 1.82) is 0 Å². The maximum Gasteiger partial charge on any atom is 0.223 e. The van der Waals surface area contributed by atoms with Crippen molar-refractivity contribution in [3.05, 3.63) is 24.4 Å². The molecule has 0 N–H and O–H groups in total. The molecule has 1 aliphatic heterocycles. The summed E-state index contributed by atoms with van der Waals surface area (Å²) in [5, 5.41) is 7.99. The minimum absolute atomic E-state index is 0.0376. The molecule has 0 spiro atoms. The molecule has 0 saturated carbocycles. The minimum Gasteiger partial charge on any atom is -0.340 e. The van der Waals surface area contributed by atoms with E-state index in [2.05, 4.69) is 25.1 Å². The number of hydrogen-bond acceptors (Lipinski definition) is 7. The van der Waals surface area contributed by atoms with Gasteiger partial charge in [0.2, 0.25) is 11.8 Å². The highest BCUT2D eigenvalue weighted by Gasteiger charge is 2.30. The van der Waals surface area contributed by atoms with Crippen molar-refractivity contribution in [3.8, 4) is 0 Å². The van der Waals surface area contributed by atoms with Crippen molar-refractivity contribution in [2.24, 2.45) is 0 Å². The molecule has 124 valence electrons. The van der Waals surface area contributed by atoms with Gasteiger partial charge in [0.25, 0.3) is 0 Å². The van der Waals surface area contributed by atoms with Gasteiger partial charge in [0.15, 0.2) is 5.82 Å². The van der Waals surface area contributed by atoms with Crippen molar-refractivity contribution >= 4 is 5.91 Å². The Balaban J connectivity index is 1.55. The van der Waals surface area contributed by atoms with Crippen LogP contribution in [0.15, 0.2) is 17.2 Å². The van der Waals surface area contributed by atoms with E-state index in [0.29, 0.717) is 18.3 Å². The molecule has 3 rings (SSSR count). The number of aromatic nitrogens is 5. The lowest BCUT2D eigenvalue weighted by atomic mass is 10.2. The SMILES string of the molecule is CC(=O)N(Cc1noc(C)n1)C1CCN(CCn2cncn2)C1. The summed E-state index contributed by atoms with van der Waals surface area (Å²) in [5.74, 6) is 1.11. The third-order valence-electron chi connectivity index (χ3n) is 4.09. The number of amides is 1. The smallest absolute Gasteiger partial charge is 0.223 e. The molecule has 3 heterocycles. The van der Waals surface area contributed by atoms with Crippen LogP contribution < -0.4 is 0 Å². The number of hydrogen-bond donors (Lipinski definition) is 0. The maximum absolute atomic E-state index is 12.0. The second-order valence-electron chi connectivity index (χ2n) is 5.78. The molecule has 2 aromatic rings. The lowest BCUT2D eigenvalue weighted by molar-refractivity contribution is -0.131. The van der Waals surface area contributed by atoms with Crippen LogP contribution in [0.5, 0.6) is 0 Å². The van der Waals surface area contributed by atoms with Crippen LogP contribution >= 0.6 is 0 Å². The van der Waals surface area contributed by atoms with Gasteiger partial charge in [-0.2, -0.15) is 10.1 Å². The van der Waals surface area contributed by atoms with E-state index in [1.54, 1.807) is 20.2 Å². The maximum atomic E-state index is 12.0. The molecule has 1 unspecified atom stereocenters. The summed E-state index contributed by atoms with van der Waals surface area (Å²) in [6, 6.07) is 0.182. The monoisotopic (exact) mass is 319 g/mol. The summed E-state index contributed by atoms with van der Waals surface area (Å²) >= 11 is 0. The van der Waals surface area contributed by atoms with E-state index in [1.807, 2.05) is 9.58 Å². The highest BCUT2D eigenvalue weighted by molar-refractivity contribution is 5.73. The first-order valence-electron chi connectivity index (χ1n) is 7.73. The van der Waals surface area contributed by atoms with E-state index >= 15 is 0 Å². The molecule has 1 atom stereocenters. The van der Waals surface area contributed by atoms with Gasteiger partial charge in [-0.05, 0) is 6.42 Å². The van der Waals surface area contributed by atoms with E-state index in [-0.39, 0.29) is 11.9 Å². The van der Waals surface area contributed by atoms with Crippen molar-refractivity contribution in [2.75, 3.05) is 19.6 Å². The lowest BCUT2D eigenvalue weighted by Gasteiger charge is -2.27. The van der Waals surface area contributed by atoms with E-state index in [9.17, 15) is 4.79 Å². The van der Waals surface area contributed by atoms with Crippen LogP contribution in [0, 0.1) is 6.92 Å². The Kier molecular flexibility index (Phi) is 4.65. The van der Waals surface area contributed by atoms with Gasteiger partial charge in [0, 0.05) is 39.5 Å². The number of rotatable bonds is 6. The van der Waals surface area contributed by atoms with E-state index in [4.69, 9.17) is 4.52 Å². The van der Waals surface area contributed by atoms with Gasteiger partial charge in [0.05, 0.1) is 13.1 Å². The Morgan fingerprint density at radius 2 is 2.35 bits per heavy atom. The first-order chi connectivity index (χ1) is 11.1. The molecule has 1 amide bonds. The molecule has 1 aliphatic rings. The van der Waals surface area contributed by atoms with Gasteiger partial charge < -0.3 is 9.42 Å². The highest BCUT2D eigenvalue weighted by Crippen LogP contribution is 2.18. The predicted molar refractivity (Wildman–Crippen MR) is 80.1 cm³/mol. The molecular weight excluding hydrogens is 298 g/mol. The third kappa shape index (κ3) is 3.92. The van der Waals surface area contributed by atoms with Crippen molar-refractivity contribution in [1.82, 2.24) is 34.7 Å². The fraction of sp³-hybridized carbons (Fsp3) is 0.643. The molecule has 2 aromatic heterocycles. The van der Waals surface area contributed by atoms with Crippen LogP contribution in [0.4, 0.5) is 0 Å². The topological polar surface area (TPSA) is 93.2 Å². The van der Waals surface area contributed by atoms with Gasteiger partial charge in [-0.25, -0.2) is 4.98 Å². The Labute approximate surface area is 134 Å². The molecule has 9 nitrogen and oxygen atoms in total. The zero-order valence-electron chi connectivity index (χ0n) is 13.4. The summed E-state index contributed by atoms with van der Waals surface area (Å²) in [4.78, 5) is 24.3. The van der Waals surface area contributed by atoms with Crippen LogP contribution in [0.25, 0.3) is 0 Å². The van der Waals surface area contributed by atoms with Crippen LogP contribution in [0.3, 0.4) is 0 Å². The number of aryl methyl sites for hydroxylation is 1. The van der Waals surface area contributed by atoms with Gasteiger partial charge in [-0.1, -0.05) is 5.16 Å². The second-order valence-corrected chi connectivity index (χ2v) is 5.78. The van der Waals surface area contributed by atoms with Crippen LogP contribution in [0.2, 0.25) is 0 Å². The van der Waals surface area contributed by atoms with Crippen molar-refractivity contribution < 1.29 is 9.32 Å². The fourth-order valence-electron chi connectivity index (χ4n) is 2.92. The lowest BCUT2D eigenvalue weighted by Crippen LogP contribution is -2.40. The largest absolute Gasteiger partial charge is 0.340 e. The average molecular weight is 319 g/mol. The molecule has 0 radical (unpaired) electrons. The number of likely N-dealkylation sites (tertiary alicyclic amines) is 1. The van der Waals surface area contributed by atoms with Crippen LogP contribution in [-0.2, 0) is 17.9 Å². The first kappa shape index (κ1) is 15.6. The molecule has 9 heteroatoms. The van der Waals surface area contributed by atoms with E-state index in [1.165, 1.54) is 6.33 Å². The van der Waals surface area contributed by atoms with Gasteiger partial charge in [-0.3, -0.25) is 14.4 Å². The molecule has 1 saturated heterocycles. The zero-order chi connectivity index (χ0) is 16.2. The number of carbonyl (C=O) groups is 1. The Morgan fingerprint density at radius 3 is 3.00 bits per heavy atom. The molecular formula is C14H21N7O2. The molecule has 0 aromatic carbocycles. The zero-order valence-corrected chi connectivity index (χ0v) is 13.4. The molecule has 1 fully saturated rings. The number of nitrogens with zero attached hydrogens (tertiary/aromatic N) is 7. The average Bonchev–Trinajstić information content (AvgIpc) is 3.24. The third-order valence-corrected chi connectivity index (χ3v) is 4.09. The molecule has 0 aliphatic carbocycles. The molecule has 23 heavy (non-hydrogen) atoms. The normalized spacial score (nSPS) is 18.4. The first-order valence-corrected chi connectivity index (χ1v) is 7.73. The van der Waals surface area contributed by atoms with Gasteiger partial charge in [-0.15, -0.1) is 0 Å². The summed E-state index contributed by atoms with van der Waals surface area (Å²) < 4.78 is 6.80. The Hall–Kier alpha value is -2.29.